The second-order valence-electron chi connectivity index (χ2n) is 8.90. The van der Waals surface area contributed by atoms with Gasteiger partial charge in [-0.05, 0) is 61.9 Å². The van der Waals surface area contributed by atoms with Gasteiger partial charge in [0.05, 0.1) is 23.1 Å². The van der Waals surface area contributed by atoms with Gasteiger partial charge in [-0.2, -0.15) is 5.10 Å². The molecule has 190 valence electrons. The number of carbonyl (C=O) groups excluding carboxylic acids is 2. The Bertz CT molecular complexity index is 1430. The van der Waals surface area contributed by atoms with E-state index in [9.17, 15) is 18.4 Å². The Morgan fingerprint density at radius 3 is 2.32 bits per heavy atom. The van der Waals surface area contributed by atoms with Crippen LogP contribution in [-0.4, -0.2) is 62.1 Å². The highest BCUT2D eigenvalue weighted by Crippen LogP contribution is 2.27. The number of carbonyl (C=O) groups is 2. The van der Waals surface area contributed by atoms with Crippen LogP contribution in [0.25, 0.3) is 16.4 Å². The van der Waals surface area contributed by atoms with Crippen molar-refractivity contribution in [2.24, 2.45) is 0 Å². The lowest BCUT2D eigenvalue weighted by molar-refractivity contribution is 0.0414. The molecule has 37 heavy (non-hydrogen) atoms. The highest BCUT2D eigenvalue weighted by molar-refractivity contribution is 7.12. The number of rotatable bonds is 5. The van der Waals surface area contributed by atoms with E-state index in [-0.39, 0.29) is 23.7 Å². The topological polar surface area (TPSA) is 71.3 Å². The Balaban J connectivity index is 1.32. The van der Waals surface area contributed by atoms with Crippen molar-refractivity contribution >= 4 is 23.2 Å². The molecule has 4 aromatic rings. The number of halogens is 2. The molecule has 0 bridgehead atoms. The molecule has 2 amide bonds. The van der Waals surface area contributed by atoms with Crippen molar-refractivity contribution < 1.29 is 18.4 Å². The molecule has 0 aliphatic carbocycles. The van der Waals surface area contributed by atoms with Gasteiger partial charge in [-0.15, -0.1) is 11.3 Å². The Morgan fingerprint density at radius 2 is 1.68 bits per heavy atom. The molecule has 10 heteroatoms. The van der Waals surface area contributed by atoms with Crippen molar-refractivity contribution in [3.8, 4) is 16.4 Å². The summed E-state index contributed by atoms with van der Waals surface area (Å²) in [6, 6.07) is 11.4. The van der Waals surface area contributed by atoms with Crippen LogP contribution in [-0.2, 0) is 6.42 Å². The average Bonchev–Trinajstić information content (AvgIpc) is 3.56. The highest BCUT2D eigenvalue weighted by atomic mass is 32.1. The molecule has 2 aromatic carbocycles. The van der Waals surface area contributed by atoms with Gasteiger partial charge in [0.2, 0.25) is 5.13 Å². The van der Waals surface area contributed by atoms with Crippen molar-refractivity contribution in [2.75, 3.05) is 19.6 Å². The van der Waals surface area contributed by atoms with E-state index in [0.717, 1.165) is 11.3 Å². The Kier molecular flexibility index (Phi) is 6.84. The molecule has 0 spiro atoms. The molecule has 1 atom stereocenters. The molecule has 0 unspecified atom stereocenters. The molecule has 1 aliphatic rings. The van der Waals surface area contributed by atoms with E-state index < -0.39 is 5.82 Å². The number of hydrogen-bond donors (Lipinski definition) is 0. The van der Waals surface area contributed by atoms with Crippen molar-refractivity contribution in [1.82, 2.24) is 24.6 Å². The summed E-state index contributed by atoms with van der Waals surface area (Å²) in [5.41, 5.74) is 3.19. The summed E-state index contributed by atoms with van der Waals surface area (Å²) in [6.45, 7) is 5.01. The molecule has 1 aliphatic heterocycles. The Hall–Kier alpha value is -3.92. The van der Waals surface area contributed by atoms with Gasteiger partial charge < -0.3 is 9.80 Å². The molecule has 1 saturated heterocycles. The molecule has 0 N–H and O–H groups in total. The summed E-state index contributed by atoms with van der Waals surface area (Å²) in [4.78, 5) is 34.5. The fraction of sp³-hybridized carbons (Fsp3) is 0.259. The molecule has 0 saturated carbocycles. The van der Waals surface area contributed by atoms with Gasteiger partial charge in [0, 0.05) is 42.2 Å². The summed E-state index contributed by atoms with van der Waals surface area (Å²) in [6.07, 6.45) is 2.14. The monoisotopic (exact) mass is 521 g/mol. The minimum atomic E-state index is -0.392. The van der Waals surface area contributed by atoms with Gasteiger partial charge in [-0.25, -0.2) is 18.4 Å². The Morgan fingerprint density at radius 1 is 1.00 bits per heavy atom. The average molecular weight is 522 g/mol. The van der Waals surface area contributed by atoms with Crippen LogP contribution in [0.15, 0.2) is 60.1 Å². The van der Waals surface area contributed by atoms with Crippen LogP contribution in [0.2, 0.25) is 0 Å². The maximum absolute atomic E-state index is 13.5. The summed E-state index contributed by atoms with van der Waals surface area (Å²) < 4.78 is 28.2. The third kappa shape index (κ3) is 4.89. The first-order chi connectivity index (χ1) is 17.9. The molecular weight excluding hydrogens is 496 g/mol. The van der Waals surface area contributed by atoms with Crippen LogP contribution >= 0.6 is 11.3 Å². The van der Waals surface area contributed by atoms with E-state index in [2.05, 4.69) is 10.1 Å². The zero-order chi connectivity index (χ0) is 26.1. The highest BCUT2D eigenvalue weighted by Gasteiger charge is 2.32. The molecule has 5 rings (SSSR count). The molecule has 3 heterocycles. The summed E-state index contributed by atoms with van der Waals surface area (Å²) >= 11 is 1.40. The van der Waals surface area contributed by atoms with Crippen LogP contribution in [0.1, 0.15) is 40.3 Å². The third-order valence-electron chi connectivity index (χ3n) is 6.51. The molecular formula is C27H25F2N5O2S. The van der Waals surface area contributed by atoms with E-state index in [1.807, 2.05) is 19.2 Å². The van der Waals surface area contributed by atoms with Gasteiger partial charge in [-0.3, -0.25) is 9.59 Å². The van der Waals surface area contributed by atoms with Crippen LogP contribution in [0.3, 0.4) is 0 Å². The van der Waals surface area contributed by atoms with E-state index in [4.69, 9.17) is 0 Å². The first-order valence-electron chi connectivity index (χ1n) is 12.0. The number of piperazine rings is 1. The van der Waals surface area contributed by atoms with Crippen LogP contribution in [0, 0.1) is 11.6 Å². The normalized spacial score (nSPS) is 15.7. The lowest BCUT2D eigenvalue weighted by atomic mass is 10.1. The predicted octanol–water partition coefficient (Wildman–Crippen LogP) is 4.82. The second-order valence-corrected chi connectivity index (χ2v) is 9.73. The maximum atomic E-state index is 13.5. The number of thiazole rings is 1. The first-order valence-corrected chi connectivity index (χ1v) is 12.9. The minimum absolute atomic E-state index is 0.140. The molecule has 0 radical (unpaired) electrons. The molecule has 2 aromatic heterocycles. The molecule has 7 nitrogen and oxygen atoms in total. The zero-order valence-electron chi connectivity index (χ0n) is 20.4. The quantitative estimate of drug-likeness (QED) is 0.378. The van der Waals surface area contributed by atoms with Gasteiger partial charge in [-0.1, -0.05) is 6.92 Å². The summed E-state index contributed by atoms with van der Waals surface area (Å²) in [5, 5.41) is 6.97. The summed E-state index contributed by atoms with van der Waals surface area (Å²) in [5.74, 6) is -1.02. The SMILES string of the molecule is CCc1c(C(=O)N2CCN(C(=O)c3ccc(F)cc3)[C@@H](C)C2)cnn1-c1nc(-c2ccc(F)cc2)cs1. The van der Waals surface area contributed by atoms with E-state index in [1.54, 1.807) is 32.8 Å². The van der Waals surface area contributed by atoms with Gasteiger partial charge >= 0.3 is 0 Å². The van der Waals surface area contributed by atoms with E-state index in [0.29, 0.717) is 48.0 Å². The van der Waals surface area contributed by atoms with Crippen molar-refractivity contribution in [1.29, 1.82) is 0 Å². The number of aromatic nitrogens is 3. The largest absolute Gasteiger partial charge is 0.335 e. The van der Waals surface area contributed by atoms with E-state index >= 15 is 0 Å². The minimum Gasteiger partial charge on any atom is -0.335 e. The first kappa shape index (κ1) is 24.8. The maximum Gasteiger partial charge on any atom is 0.257 e. The lowest BCUT2D eigenvalue weighted by Gasteiger charge is -2.40. The van der Waals surface area contributed by atoms with E-state index in [1.165, 1.54) is 47.7 Å². The van der Waals surface area contributed by atoms with Crippen molar-refractivity contribution in [3.63, 3.8) is 0 Å². The van der Waals surface area contributed by atoms with Crippen molar-refractivity contribution in [3.05, 3.63) is 88.6 Å². The van der Waals surface area contributed by atoms with Gasteiger partial charge in [0.25, 0.3) is 11.8 Å². The van der Waals surface area contributed by atoms with Gasteiger partial charge in [0.1, 0.15) is 11.6 Å². The Labute approximate surface area is 217 Å². The standard InChI is InChI=1S/C27H25F2N5O2S/c1-3-24-22(14-30-34(24)27-31-23(16-37-27)18-4-8-20(28)9-5-18)26(36)32-12-13-33(17(2)15-32)25(35)19-6-10-21(29)11-7-19/h4-11,14,16-17H,3,12-13,15H2,1-2H3/t17-/m0/s1. The van der Waals surface area contributed by atoms with Gasteiger partial charge in [0.15, 0.2) is 0 Å². The number of hydrogen-bond acceptors (Lipinski definition) is 5. The van der Waals surface area contributed by atoms with Crippen LogP contribution in [0.5, 0.6) is 0 Å². The fourth-order valence-corrected chi connectivity index (χ4v) is 5.36. The zero-order valence-corrected chi connectivity index (χ0v) is 21.2. The summed E-state index contributed by atoms with van der Waals surface area (Å²) in [7, 11) is 0. The van der Waals surface area contributed by atoms with Crippen molar-refractivity contribution in [2.45, 2.75) is 26.3 Å². The number of amides is 2. The van der Waals surface area contributed by atoms with Crippen LogP contribution < -0.4 is 0 Å². The predicted molar refractivity (Wildman–Crippen MR) is 137 cm³/mol. The van der Waals surface area contributed by atoms with Crippen LogP contribution in [0.4, 0.5) is 8.78 Å². The lowest BCUT2D eigenvalue weighted by Crippen LogP contribution is -2.55. The smallest absolute Gasteiger partial charge is 0.257 e. The number of nitrogens with zero attached hydrogens (tertiary/aromatic N) is 5. The second kappa shape index (κ2) is 10.2. The third-order valence-corrected chi connectivity index (χ3v) is 7.33. The number of benzene rings is 2. The fourth-order valence-electron chi connectivity index (χ4n) is 4.54. The molecule has 1 fully saturated rings.